The molecule has 0 amide bonds. The molecule has 0 spiro atoms. The third-order valence-electron chi connectivity index (χ3n) is 3.94. The smallest absolute Gasteiger partial charge is 0.123 e. The molecule has 1 N–H and O–H groups in total. The van der Waals surface area contributed by atoms with E-state index in [1.54, 1.807) is 0 Å². The molecule has 0 atom stereocenters. The summed E-state index contributed by atoms with van der Waals surface area (Å²) in [5.74, 6) is 0.825. The van der Waals surface area contributed by atoms with Crippen LogP contribution in [0.15, 0.2) is 78.9 Å². The molecule has 0 aliphatic carbocycles. The van der Waals surface area contributed by atoms with E-state index in [4.69, 9.17) is 0 Å². The van der Waals surface area contributed by atoms with Gasteiger partial charge in [-0.1, -0.05) is 80.6 Å². The first-order chi connectivity index (χ1) is 11.2. The molecule has 3 aromatic carbocycles. The molecule has 0 bridgehead atoms. The van der Waals surface area contributed by atoms with Crippen LogP contribution in [0.2, 0.25) is 0 Å². The number of benzene rings is 3. The van der Waals surface area contributed by atoms with Crippen molar-refractivity contribution in [2.75, 3.05) is 0 Å². The normalized spacial score (nSPS) is 11.1. The molecule has 0 aliphatic heterocycles. The lowest BCUT2D eigenvalue weighted by Crippen LogP contribution is -2.21. The summed E-state index contributed by atoms with van der Waals surface area (Å²) in [5, 5.41) is 14.1. The Bertz CT molecular complexity index is 727. The van der Waals surface area contributed by atoms with Crippen molar-refractivity contribution in [3.05, 3.63) is 84.4 Å². The van der Waals surface area contributed by atoms with Crippen molar-refractivity contribution in [3.8, 4) is 5.75 Å². The van der Waals surface area contributed by atoms with Crippen LogP contribution in [0.1, 0.15) is 25.3 Å². The van der Waals surface area contributed by atoms with Gasteiger partial charge in [0.2, 0.25) is 0 Å². The molecular formula is C21H21OP. The van der Waals surface area contributed by atoms with Crippen LogP contribution in [0.5, 0.6) is 5.75 Å². The Labute approximate surface area is 139 Å². The van der Waals surface area contributed by atoms with Crippen molar-refractivity contribution < 1.29 is 5.11 Å². The number of rotatable bonds is 4. The van der Waals surface area contributed by atoms with Gasteiger partial charge < -0.3 is 5.11 Å². The monoisotopic (exact) mass is 320 g/mol. The third-order valence-corrected chi connectivity index (χ3v) is 6.40. The Kier molecular flexibility index (Phi) is 4.79. The average Bonchev–Trinajstić information content (AvgIpc) is 2.58. The number of phenols is 1. The van der Waals surface area contributed by atoms with Gasteiger partial charge in [-0.3, -0.25) is 0 Å². The van der Waals surface area contributed by atoms with Gasteiger partial charge in [0.1, 0.15) is 5.75 Å². The van der Waals surface area contributed by atoms with Gasteiger partial charge in [-0.05, 0) is 42.1 Å². The van der Waals surface area contributed by atoms with Crippen molar-refractivity contribution >= 4 is 23.8 Å². The fourth-order valence-electron chi connectivity index (χ4n) is 2.66. The summed E-state index contributed by atoms with van der Waals surface area (Å²) >= 11 is 0. The van der Waals surface area contributed by atoms with Crippen molar-refractivity contribution in [1.29, 1.82) is 0 Å². The molecule has 1 nitrogen and oxygen atoms in total. The molecule has 0 unspecified atom stereocenters. The first-order valence-electron chi connectivity index (χ1n) is 7.90. The maximum Gasteiger partial charge on any atom is 0.123 e. The Balaban J connectivity index is 2.19. The van der Waals surface area contributed by atoms with Crippen LogP contribution in [-0.2, 0) is 0 Å². The molecule has 23 heavy (non-hydrogen) atoms. The van der Waals surface area contributed by atoms with Gasteiger partial charge in [0, 0.05) is 5.30 Å². The van der Waals surface area contributed by atoms with E-state index in [0.717, 1.165) is 5.30 Å². The highest BCUT2D eigenvalue weighted by Gasteiger charge is 2.20. The minimum atomic E-state index is -0.758. The lowest BCUT2D eigenvalue weighted by molar-refractivity contribution is 0.479. The van der Waals surface area contributed by atoms with Gasteiger partial charge >= 0.3 is 0 Å². The van der Waals surface area contributed by atoms with Gasteiger partial charge in [0.05, 0.1) is 0 Å². The van der Waals surface area contributed by atoms with E-state index in [-0.39, 0.29) is 0 Å². The maximum atomic E-state index is 10.5. The first-order valence-corrected chi connectivity index (χ1v) is 9.24. The van der Waals surface area contributed by atoms with Crippen molar-refractivity contribution in [2.24, 2.45) is 0 Å². The number of hydrogen-bond acceptors (Lipinski definition) is 1. The molecule has 116 valence electrons. The zero-order valence-corrected chi connectivity index (χ0v) is 14.4. The van der Waals surface area contributed by atoms with E-state index >= 15 is 0 Å². The summed E-state index contributed by atoms with van der Waals surface area (Å²) in [6, 6.07) is 27.0. The predicted molar refractivity (Wildman–Crippen MR) is 101 cm³/mol. The lowest BCUT2D eigenvalue weighted by atomic mass is 10.0. The number of hydrogen-bond donors (Lipinski definition) is 1. The first kappa shape index (κ1) is 15.8. The highest BCUT2D eigenvalue weighted by Crippen LogP contribution is 2.37. The van der Waals surface area contributed by atoms with Gasteiger partial charge in [0.25, 0.3) is 0 Å². The standard InChI is InChI=1S/C21H21OP/c1-16(2)17-13-14-20(22)21(15-17)23(18-9-5-3-6-10-18)19-11-7-4-8-12-19/h3-16,22H,1-2H3. The molecular weight excluding hydrogens is 299 g/mol. The summed E-state index contributed by atoms with van der Waals surface area (Å²) < 4.78 is 0. The molecule has 0 aliphatic rings. The Morgan fingerprint density at radius 3 is 1.74 bits per heavy atom. The largest absolute Gasteiger partial charge is 0.507 e. The van der Waals surface area contributed by atoms with Crippen LogP contribution < -0.4 is 15.9 Å². The van der Waals surface area contributed by atoms with E-state index in [0.29, 0.717) is 11.7 Å². The van der Waals surface area contributed by atoms with Crippen LogP contribution >= 0.6 is 7.92 Å². The summed E-state index contributed by atoms with van der Waals surface area (Å²) in [6.07, 6.45) is 0. The van der Waals surface area contributed by atoms with E-state index < -0.39 is 7.92 Å². The third kappa shape index (κ3) is 3.46. The molecule has 3 rings (SSSR count). The SMILES string of the molecule is CC(C)c1ccc(O)c(P(c2ccccc2)c2ccccc2)c1. The minimum absolute atomic E-state index is 0.383. The van der Waals surface area contributed by atoms with Crippen LogP contribution in [0.25, 0.3) is 0 Å². The fourth-order valence-corrected chi connectivity index (χ4v) is 5.04. The second-order valence-electron chi connectivity index (χ2n) is 5.91. The number of phenolic OH excluding ortho intramolecular Hbond substituents is 1. The summed E-state index contributed by atoms with van der Waals surface area (Å²) in [6.45, 7) is 4.37. The van der Waals surface area contributed by atoms with Crippen molar-refractivity contribution in [1.82, 2.24) is 0 Å². The summed E-state index contributed by atoms with van der Waals surface area (Å²) in [4.78, 5) is 0. The Hall–Kier alpha value is -2.11. The van der Waals surface area contributed by atoms with Gasteiger partial charge in [-0.15, -0.1) is 0 Å². The fraction of sp³-hybridized carbons (Fsp3) is 0.143. The van der Waals surface area contributed by atoms with E-state index in [9.17, 15) is 5.11 Å². The van der Waals surface area contributed by atoms with E-state index in [1.807, 2.05) is 24.3 Å². The molecule has 0 aromatic heterocycles. The molecule has 0 fully saturated rings. The van der Waals surface area contributed by atoms with Crippen LogP contribution in [0, 0.1) is 0 Å². The highest BCUT2D eigenvalue weighted by molar-refractivity contribution is 7.80. The van der Waals surface area contributed by atoms with Crippen LogP contribution in [-0.4, -0.2) is 5.11 Å². The average molecular weight is 320 g/mol. The Morgan fingerprint density at radius 1 is 0.739 bits per heavy atom. The zero-order chi connectivity index (χ0) is 16.2. The summed E-state index contributed by atoms with van der Waals surface area (Å²) in [5.41, 5.74) is 1.26. The van der Waals surface area contributed by atoms with Gasteiger partial charge in [-0.2, -0.15) is 0 Å². The topological polar surface area (TPSA) is 20.2 Å². The minimum Gasteiger partial charge on any atom is -0.507 e. The highest BCUT2D eigenvalue weighted by atomic mass is 31.1. The zero-order valence-electron chi connectivity index (χ0n) is 13.5. The second kappa shape index (κ2) is 6.98. The quantitative estimate of drug-likeness (QED) is 0.712. The maximum absolute atomic E-state index is 10.5. The molecule has 0 radical (unpaired) electrons. The van der Waals surface area contributed by atoms with Crippen molar-refractivity contribution in [2.45, 2.75) is 19.8 Å². The molecule has 3 aromatic rings. The molecule has 0 saturated carbocycles. The van der Waals surface area contributed by atoms with E-state index in [1.165, 1.54) is 16.2 Å². The predicted octanol–water partition coefficient (Wildman–Crippen LogP) is 4.27. The number of aromatic hydroxyl groups is 1. The van der Waals surface area contributed by atoms with Crippen LogP contribution in [0.4, 0.5) is 0 Å². The second-order valence-corrected chi connectivity index (χ2v) is 8.09. The summed E-state index contributed by atoms with van der Waals surface area (Å²) in [7, 11) is -0.758. The van der Waals surface area contributed by atoms with Gasteiger partial charge in [-0.25, -0.2) is 0 Å². The lowest BCUT2D eigenvalue weighted by Gasteiger charge is -2.21. The molecule has 0 saturated heterocycles. The Morgan fingerprint density at radius 2 is 1.26 bits per heavy atom. The van der Waals surface area contributed by atoms with E-state index in [2.05, 4.69) is 68.4 Å². The molecule has 2 heteroatoms. The molecule has 0 heterocycles. The van der Waals surface area contributed by atoms with Crippen LogP contribution in [0.3, 0.4) is 0 Å². The van der Waals surface area contributed by atoms with Gasteiger partial charge in [0.15, 0.2) is 0 Å². The van der Waals surface area contributed by atoms with Crippen molar-refractivity contribution in [3.63, 3.8) is 0 Å².